The zero-order valence-corrected chi connectivity index (χ0v) is 15.2. The lowest BCUT2D eigenvalue weighted by atomic mass is 10.1. The Morgan fingerprint density at radius 3 is 2.33 bits per heavy atom. The van der Waals surface area contributed by atoms with Gasteiger partial charge in [-0.2, -0.15) is 0 Å². The summed E-state index contributed by atoms with van der Waals surface area (Å²) >= 11 is 0. The summed E-state index contributed by atoms with van der Waals surface area (Å²) in [5.74, 6) is 1.53. The molecular weight excluding hydrogens is 302 g/mol. The molecule has 0 saturated carbocycles. The third-order valence-corrected chi connectivity index (χ3v) is 4.64. The van der Waals surface area contributed by atoms with E-state index in [1.54, 1.807) is 0 Å². The summed E-state index contributed by atoms with van der Waals surface area (Å²) in [5, 5.41) is 3.08. The summed E-state index contributed by atoms with van der Waals surface area (Å²) in [4.78, 5) is 16.7. The number of hydrogen-bond acceptors (Lipinski definition) is 4. The molecule has 0 spiro atoms. The Bertz CT molecular complexity index is 485. The van der Waals surface area contributed by atoms with Gasteiger partial charge in [-0.25, -0.2) is 0 Å². The average Bonchev–Trinajstić information content (AvgIpc) is 2.57. The lowest BCUT2D eigenvalue weighted by Gasteiger charge is -2.34. The summed E-state index contributed by atoms with van der Waals surface area (Å²) in [6, 6.07) is 10.2. The van der Waals surface area contributed by atoms with Crippen molar-refractivity contribution in [3.05, 3.63) is 30.3 Å². The SMILES string of the molecule is CC(C)[C@H](C)NC(=O)CN1CCN(CCOc2ccccc2)CC1. The predicted octanol–water partition coefficient (Wildman–Crippen LogP) is 1.84. The number of hydrogen-bond donors (Lipinski definition) is 1. The summed E-state index contributed by atoms with van der Waals surface area (Å²) in [6.45, 7) is 12.3. The second-order valence-electron chi connectivity index (χ2n) is 6.88. The molecule has 1 saturated heterocycles. The van der Waals surface area contributed by atoms with Gasteiger partial charge in [0.05, 0.1) is 6.54 Å². The Kier molecular flexibility index (Phi) is 7.53. The van der Waals surface area contributed by atoms with Gasteiger partial charge in [0.15, 0.2) is 0 Å². The lowest BCUT2D eigenvalue weighted by Crippen LogP contribution is -2.51. The van der Waals surface area contributed by atoms with E-state index in [1.165, 1.54) is 0 Å². The van der Waals surface area contributed by atoms with Crippen molar-refractivity contribution in [3.8, 4) is 5.75 Å². The predicted molar refractivity (Wildman–Crippen MR) is 97.3 cm³/mol. The molecule has 1 amide bonds. The van der Waals surface area contributed by atoms with Crippen LogP contribution in [0.4, 0.5) is 0 Å². The van der Waals surface area contributed by atoms with Crippen molar-refractivity contribution in [1.82, 2.24) is 15.1 Å². The molecular formula is C19H31N3O2. The molecule has 5 heteroatoms. The summed E-state index contributed by atoms with van der Waals surface area (Å²) in [5.41, 5.74) is 0. The van der Waals surface area contributed by atoms with Crippen LogP contribution in [0.25, 0.3) is 0 Å². The highest BCUT2D eigenvalue weighted by Crippen LogP contribution is 2.08. The smallest absolute Gasteiger partial charge is 0.234 e. The van der Waals surface area contributed by atoms with Gasteiger partial charge in [-0.05, 0) is 25.0 Å². The van der Waals surface area contributed by atoms with E-state index in [-0.39, 0.29) is 11.9 Å². The number of nitrogens with zero attached hydrogens (tertiary/aromatic N) is 2. The molecule has 1 fully saturated rings. The molecule has 5 nitrogen and oxygen atoms in total. The van der Waals surface area contributed by atoms with Crippen molar-refractivity contribution >= 4 is 5.91 Å². The quantitative estimate of drug-likeness (QED) is 0.788. The van der Waals surface area contributed by atoms with Crippen LogP contribution in [0, 0.1) is 5.92 Å². The first kappa shape index (κ1) is 18.7. The fourth-order valence-corrected chi connectivity index (χ4v) is 2.65. The number of piperazine rings is 1. The van der Waals surface area contributed by atoms with E-state index in [9.17, 15) is 4.79 Å². The van der Waals surface area contributed by atoms with Crippen LogP contribution < -0.4 is 10.1 Å². The van der Waals surface area contributed by atoms with Crippen LogP contribution in [-0.2, 0) is 4.79 Å². The molecule has 1 aromatic rings. The van der Waals surface area contributed by atoms with E-state index < -0.39 is 0 Å². The first-order valence-corrected chi connectivity index (χ1v) is 8.96. The molecule has 0 unspecified atom stereocenters. The number of para-hydroxylation sites is 1. The molecule has 0 aromatic heterocycles. The van der Waals surface area contributed by atoms with E-state index >= 15 is 0 Å². The van der Waals surface area contributed by atoms with Crippen LogP contribution in [0.15, 0.2) is 30.3 Å². The fourth-order valence-electron chi connectivity index (χ4n) is 2.65. The Morgan fingerprint density at radius 2 is 1.71 bits per heavy atom. The van der Waals surface area contributed by atoms with E-state index in [2.05, 4.69) is 35.9 Å². The zero-order valence-electron chi connectivity index (χ0n) is 15.2. The van der Waals surface area contributed by atoms with Crippen molar-refractivity contribution in [2.24, 2.45) is 5.92 Å². The van der Waals surface area contributed by atoms with Gasteiger partial charge < -0.3 is 10.1 Å². The maximum atomic E-state index is 12.1. The number of amides is 1. The van der Waals surface area contributed by atoms with Gasteiger partial charge in [-0.1, -0.05) is 32.0 Å². The second kappa shape index (κ2) is 9.64. The van der Waals surface area contributed by atoms with Gasteiger partial charge in [0.25, 0.3) is 0 Å². The number of nitrogens with one attached hydrogen (secondary N) is 1. The van der Waals surface area contributed by atoms with E-state index in [0.29, 0.717) is 19.1 Å². The van der Waals surface area contributed by atoms with Crippen molar-refractivity contribution in [2.75, 3.05) is 45.9 Å². The number of benzene rings is 1. The molecule has 1 atom stereocenters. The molecule has 0 radical (unpaired) electrons. The summed E-state index contributed by atoms with van der Waals surface area (Å²) in [6.07, 6.45) is 0. The van der Waals surface area contributed by atoms with Crippen molar-refractivity contribution in [1.29, 1.82) is 0 Å². The monoisotopic (exact) mass is 333 g/mol. The summed E-state index contributed by atoms with van der Waals surface area (Å²) in [7, 11) is 0. The normalized spacial score (nSPS) is 17.7. The van der Waals surface area contributed by atoms with Crippen molar-refractivity contribution in [3.63, 3.8) is 0 Å². The highest BCUT2D eigenvalue weighted by atomic mass is 16.5. The number of carbonyl (C=O) groups is 1. The number of carbonyl (C=O) groups excluding carboxylic acids is 1. The first-order chi connectivity index (χ1) is 11.5. The third kappa shape index (κ3) is 6.49. The molecule has 1 aliphatic rings. The Hall–Kier alpha value is -1.59. The molecule has 134 valence electrons. The molecule has 1 N–H and O–H groups in total. The van der Waals surface area contributed by atoms with Gasteiger partial charge in [-0.3, -0.25) is 14.6 Å². The lowest BCUT2D eigenvalue weighted by molar-refractivity contribution is -0.123. The van der Waals surface area contributed by atoms with Crippen LogP contribution in [0.5, 0.6) is 5.75 Å². The highest BCUT2D eigenvalue weighted by Gasteiger charge is 2.19. The van der Waals surface area contributed by atoms with E-state index in [0.717, 1.165) is 38.5 Å². The molecule has 1 aromatic carbocycles. The molecule has 1 heterocycles. The number of rotatable bonds is 8. The fraction of sp³-hybridized carbons (Fsp3) is 0.632. The molecule has 0 aliphatic carbocycles. The van der Waals surface area contributed by atoms with Gasteiger partial charge in [0, 0.05) is 38.8 Å². The van der Waals surface area contributed by atoms with Crippen molar-refractivity contribution in [2.45, 2.75) is 26.8 Å². The Morgan fingerprint density at radius 1 is 1.08 bits per heavy atom. The van der Waals surface area contributed by atoms with E-state index in [4.69, 9.17) is 4.74 Å². The molecule has 2 rings (SSSR count). The van der Waals surface area contributed by atoms with Gasteiger partial charge in [-0.15, -0.1) is 0 Å². The largest absolute Gasteiger partial charge is 0.492 e. The van der Waals surface area contributed by atoms with Gasteiger partial charge >= 0.3 is 0 Å². The Balaban J connectivity index is 1.60. The Labute approximate surface area is 146 Å². The summed E-state index contributed by atoms with van der Waals surface area (Å²) < 4.78 is 5.75. The highest BCUT2D eigenvalue weighted by molar-refractivity contribution is 5.78. The molecule has 1 aliphatic heterocycles. The average molecular weight is 333 g/mol. The number of ether oxygens (including phenoxy) is 1. The molecule has 24 heavy (non-hydrogen) atoms. The third-order valence-electron chi connectivity index (χ3n) is 4.64. The zero-order chi connectivity index (χ0) is 17.4. The van der Waals surface area contributed by atoms with Crippen LogP contribution in [-0.4, -0.2) is 67.6 Å². The first-order valence-electron chi connectivity index (χ1n) is 8.96. The maximum absolute atomic E-state index is 12.1. The van der Waals surface area contributed by atoms with Crippen molar-refractivity contribution < 1.29 is 9.53 Å². The van der Waals surface area contributed by atoms with E-state index in [1.807, 2.05) is 30.3 Å². The minimum absolute atomic E-state index is 0.136. The maximum Gasteiger partial charge on any atom is 0.234 e. The molecule has 0 bridgehead atoms. The van der Waals surface area contributed by atoms with Crippen LogP contribution in [0.2, 0.25) is 0 Å². The minimum atomic E-state index is 0.136. The van der Waals surface area contributed by atoms with Crippen LogP contribution in [0.1, 0.15) is 20.8 Å². The van der Waals surface area contributed by atoms with Gasteiger partial charge in [0.1, 0.15) is 12.4 Å². The topological polar surface area (TPSA) is 44.8 Å². The minimum Gasteiger partial charge on any atom is -0.492 e. The van der Waals surface area contributed by atoms with Crippen LogP contribution in [0.3, 0.4) is 0 Å². The standard InChI is InChI=1S/C19H31N3O2/c1-16(2)17(3)20-19(23)15-22-11-9-21(10-12-22)13-14-24-18-7-5-4-6-8-18/h4-8,16-17H,9-15H2,1-3H3,(H,20,23)/t17-/m0/s1. The second-order valence-corrected chi connectivity index (χ2v) is 6.88. The van der Waals surface area contributed by atoms with Crippen LogP contribution >= 0.6 is 0 Å². The van der Waals surface area contributed by atoms with Gasteiger partial charge in [0.2, 0.25) is 5.91 Å².